The van der Waals surface area contributed by atoms with Gasteiger partial charge in [0.1, 0.15) is 18.2 Å². The van der Waals surface area contributed by atoms with Gasteiger partial charge in [-0.3, -0.25) is 14.5 Å². The van der Waals surface area contributed by atoms with E-state index in [9.17, 15) is 14.4 Å². The normalized spacial score (nSPS) is 23.2. The van der Waals surface area contributed by atoms with Gasteiger partial charge in [0.15, 0.2) is 6.10 Å². The van der Waals surface area contributed by atoms with Crippen molar-refractivity contribution >= 4 is 41.6 Å². The number of carbonyl (C=O) groups excluding carboxylic acids is 3. The molecule has 2 atom stereocenters. The van der Waals surface area contributed by atoms with Crippen molar-refractivity contribution in [3.8, 4) is 0 Å². The largest absolute Gasteiger partial charge is 0.464 e. The van der Waals surface area contributed by atoms with Gasteiger partial charge in [0.2, 0.25) is 0 Å². The molecule has 2 heterocycles. The first kappa shape index (κ1) is 21.0. The predicted octanol–water partition coefficient (Wildman–Crippen LogP) is 2.79. The van der Waals surface area contributed by atoms with Crippen LogP contribution in [-0.4, -0.2) is 65.3 Å². The molecule has 146 valence electrons. The summed E-state index contributed by atoms with van der Waals surface area (Å²) in [5.74, 6) is 0.916. The van der Waals surface area contributed by atoms with Crippen LogP contribution in [0.2, 0.25) is 0 Å². The summed E-state index contributed by atoms with van der Waals surface area (Å²) < 4.78 is 16.2. The van der Waals surface area contributed by atoms with Crippen molar-refractivity contribution < 1.29 is 28.6 Å². The molecule has 0 aliphatic carbocycles. The van der Waals surface area contributed by atoms with Gasteiger partial charge >= 0.3 is 18.0 Å². The fraction of sp³-hybridized carbons (Fsp3) is 0.706. The highest BCUT2D eigenvalue weighted by atomic mass is 32.2. The number of hydrogen-bond donors (Lipinski definition) is 0. The van der Waals surface area contributed by atoms with E-state index in [1.165, 1.54) is 18.7 Å². The lowest BCUT2D eigenvalue weighted by atomic mass is 10.1. The zero-order valence-electron chi connectivity index (χ0n) is 15.7. The molecule has 2 rings (SSSR count). The Bertz CT molecular complexity index is 613. The van der Waals surface area contributed by atoms with Crippen LogP contribution >= 0.6 is 23.5 Å². The second kappa shape index (κ2) is 8.56. The molecule has 9 heteroatoms. The lowest BCUT2D eigenvalue weighted by Gasteiger charge is -2.43. The average molecular weight is 404 g/mol. The van der Waals surface area contributed by atoms with Crippen molar-refractivity contribution in [3.05, 3.63) is 9.81 Å². The van der Waals surface area contributed by atoms with Crippen LogP contribution in [0.25, 0.3) is 0 Å². The fourth-order valence-corrected chi connectivity index (χ4v) is 5.22. The number of ether oxygens (including phenoxy) is 3. The van der Waals surface area contributed by atoms with E-state index in [1.54, 1.807) is 44.3 Å². The molecule has 0 saturated heterocycles. The van der Waals surface area contributed by atoms with Crippen molar-refractivity contribution in [1.29, 1.82) is 0 Å². The van der Waals surface area contributed by atoms with Gasteiger partial charge in [-0.1, -0.05) is 0 Å². The van der Waals surface area contributed by atoms with Crippen LogP contribution in [0, 0.1) is 0 Å². The van der Waals surface area contributed by atoms with E-state index in [1.807, 2.05) is 0 Å². The minimum absolute atomic E-state index is 0.0610. The molecule has 26 heavy (non-hydrogen) atoms. The van der Waals surface area contributed by atoms with Crippen LogP contribution in [0.4, 0.5) is 4.79 Å². The summed E-state index contributed by atoms with van der Waals surface area (Å²) in [5.41, 5.74) is -0.664. The lowest BCUT2D eigenvalue weighted by molar-refractivity contribution is -0.151. The van der Waals surface area contributed by atoms with Crippen LogP contribution in [0.3, 0.4) is 0 Å². The number of rotatable bonds is 3. The molecule has 7 nitrogen and oxygen atoms in total. The van der Waals surface area contributed by atoms with E-state index in [-0.39, 0.29) is 6.61 Å². The van der Waals surface area contributed by atoms with Crippen molar-refractivity contribution in [2.45, 2.75) is 52.4 Å². The van der Waals surface area contributed by atoms with Crippen LogP contribution < -0.4 is 0 Å². The quantitative estimate of drug-likeness (QED) is 0.526. The summed E-state index contributed by atoms with van der Waals surface area (Å²) in [6, 6.07) is -0.623. The Balaban J connectivity index is 2.36. The zero-order chi connectivity index (χ0) is 19.5. The topological polar surface area (TPSA) is 82.1 Å². The van der Waals surface area contributed by atoms with Crippen LogP contribution in [0.5, 0.6) is 0 Å². The molecule has 2 aliphatic rings. The van der Waals surface area contributed by atoms with E-state index < -0.39 is 35.8 Å². The Morgan fingerprint density at radius 3 is 2.35 bits per heavy atom. The maximum atomic E-state index is 12.8. The number of carbonyl (C=O) groups is 3. The van der Waals surface area contributed by atoms with E-state index >= 15 is 0 Å². The summed E-state index contributed by atoms with van der Waals surface area (Å²) >= 11 is 3.28. The second-order valence-electron chi connectivity index (χ2n) is 6.99. The molecule has 0 radical (unpaired) electrons. The highest BCUT2D eigenvalue weighted by molar-refractivity contribution is 8.10. The Morgan fingerprint density at radius 2 is 1.77 bits per heavy atom. The highest BCUT2D eigenvalue weighted by Gasteiger charge is 2.44. The third-order valence-electron chi connectivity index (χ3n) is 3.59. The number of thioether (sulfide) groups is 2. The van der Waals surface area contributed by atoms with Gasteiger partial charge in [-0.05, 0) is 20.8 Å². The summed E-state index contributed by atoms with van der Waals surface area (Å²) in [4.78, 5) is 39.2. The number of amides is 1. The number of hydrogen-bond acceptors (Lipinski definition) is 8. The molecule has 0 saturated carbocycles. The van der Waals surface area contributed by atoms with Crippen molar-refractivity contribution in [3.63, 3.8) is 0 Å². The second-order valence-corrected chi connectivity index (χ2v) is 9.32. The van der Waals surface area contributed by atoms with Gasteiger partial charge in [0.25, 0.3) is 0 Å². The van der Waals surface area contributed by atoms with E-state index in [4.69, 9.17) is 14.2 Å². The molecule has 1 amide bonds. The van der Waals surface area contributed by atoms with Gasteiger partial charge in [-0.15, -0.1) is 23.5 Å². The summed E-state index contributed by atoms with van der Waals surface area (Å²) in [7, 11) is 0. The minimum atomic E-state index is -0.666. The Hall–Kier alpha value is -1.35. The molecular formula is C17H25NO6S2. The van der Waals surface area contributed by atoms with E-state index in [0.29, 0.717) is 6.54 Å². The van der Waals surface area contributed by atoms with Gasteiger partial charge < -0.3 is 14.2 Å². The maximum absolute atomic E-state index is 12.8. The lowest BCUT2D eigenvalue weighted by Crippen LogP contribution is -2.56. The highest BCUT2D eigenvalue weighted by Crippen LogP contribution is 2.43. The molecule has 0 bridgehead atoms. The molecular weight excluding hydrogens is 378 g/mol. The Labute approximate surface area is 162 Å². The summed E-state index contributed by atoms with van der Waals surface area (Å²) in [6.45, 7) is 8.29. The molecule has 0 aromatic carbocycles. The van der Waals surface area contributed by atoms with Crippen LogP contribution in [0.1, 0.15) is 34.6 Å². The standard InChI is InChI=1S/C17H25NO6S2/c1-10(19)22-9-12-14(23-11(2)20)15-13(25-6-7-26-15)8-18(12)16(21)24-17(3,4)5/h12,14H,6-9H2,1-5H3/t12-,14+/m0/s1. The minimum Gasteiger partial charge on any atom is -0.464 e. The first-order valence-corrected chi connectivity index (χ1v) is 10.3. The number of nitrogens with zero attached hydrogens (tertiary/aromatic N) is 1. The summed E-state index contributed by atoms with van der Waals surface area (Å²) in [6.07, 6.45) is -1.18. The fourth-order valence-electron chi connectivity index (χ4n) is 2.65. The summed E-state index contributed by atoms with van der Waals surface area (Å²) in [5, 5.41) is 0. The predicted molar refractivity (Wildman–Crippen MR) is 101 cm³/mol. The molecule has 0 N–H and O–H groups in total. The monoisotopic (exact) mass is 403 g/mol. The van der Waals surface area contributed by atoms with E-state index in [2.05, 4.69) is 0 Å². The van der Waals surface area contributed by atoms with Crippen LogP contribution in [0.15, 0.2) is 9.81 Å². The van der Waals surface area contributed by atoms with Gasteiger partial charge in [-0.25, -0.2) is 4.79 Å². The SMILES string of the molecule is CC(=O)OC[C@H]1[C@@H](OC(C)=O)C2=C(CN1C(=O)OC(C)(C)C)SCCS2. The van der Waals surface area contributed by atoms with Crippen LogP contribution in [-0.2, 0) is 23.8 Å². The Kier molecular flexibility index (Phi) is 6.90. The average Bonchev–Trinajstić information content (AvgIpc) is 2.51. The molecule has 0 spiro atoms. The molecule has 0 fully saturated rings. The van der Waals surface area contributed by atoms with E-state index in [0.717, 1.165) is 21.3 Å². The number of esters is 2. The van der Waals surface area contributed by atoms with Crippen molar-refractivity contribution in [1.82, 2.24) is 4.90 Å². The first-order valence-electron chi connectivity index (χ1n) is 8.37. The zero-order valence-corrected chi connectivity index (χ0v) is 17.3. The van der Waals surface area contributed by atoms with Crippen molar-refractivity contribution in [2.75, 3.05) is 24.7 Å². The Morgan fingerprint density at radius 1 is 1.12 bits per heavy atom. The third kappa shape index (κ3) is 5.57. The maximum Gasteiger partial charge on any atom is 0.411 e. The van der Waals surface area contributed by atoms with Crippen molar-refractivity contribution in [2.24, 2.45) is 0 Å². The smallest absolute Gasteiger partial charge is 0.411 e. The first-order chi connectivity index (χ1) is 12.1. The van der Waals surface area contributed by atoms with Gasteiger partial charge in [0, 0.05) is 35.2 Å². The third-order valence-corrected chi connectivity index (χ3v) is 6.28. The molecule has 0 unspecified atom stereocenters. The van der Waals surface area contributed by atoms with Gasteiger partial charge in [0.05, 0.1) is 6.54 Å². The molecule has 0 aromatic heterocycles. The molecule has 2 aliphatic heterocycles. The molecule has 0 aromatic rings. The van der Waals surface area contributed by atoms with Gasteiger partial charge in [-0.2, -0.15) is 0 Å².